The van der Waals surface area contributed by atoms with E-state index >= 15 is 0 Å². The first kappa shape index (κ1) is 9.03. The summed E-state index contributed by atoms with van der Waals surface area (Å²) in [5.74, 6) is 0. The molecule has 1 fully saturated rings. The summed E-state index contributed by atoms with van der Waals surface area (Å²) in [6.07, 6.45) is 3.01. The molecule has 0 spiro atoms. The van der Waals surface area contributed by atoms with Crippen molar-refractivity contribution in [1.29, 1.82) is 0 Å². The zero-order valence-electron chi connectivity index (χ0n) is 7.69. The third-order valence-corrected chi connectivity index (χ3v) is 3.48. The number of thioether (sulfide) groups is 1. The van der Waals surface area contributed by atoms with Gasteiger partial charge >= 0.3 is 0 Å². The largest absolute Gasteiger partial charge is 0.380 e. The van der Waals surface area contributed by atoms with Crippen LogP contribution in [0.3, 0.4) is 0 Å². The van der Waals surface area contributed by atoms with E-state index in [0.29, 0.717) is 5.25 Å². The number of nitrogens with zero attached hydrogens (tertiary/aromatic N) is 1. The lowest BCUT2D eigenvalue weighted by atomic mass is 10.3. The lowest BCUT2D eigenvalue weighted by Gasteiger charge is -2.07. The predicted octanol–water partition coefficient (Wildman–Crippen LogP) is 2.27. The number of aromatic nitrogens is 1. The third kappa shape index (κ3) is 2.23. The Morgan fingerprint density at radius 3 is 3.23 bits per heavy atom. The van der Waals surface area contributed by atoms with Gasteiger partial charge in [0.2, 0.25) is 0 Å². The zero-order valence-corrected chi connectivity index (χ0v) is 8.51. The minimum absolute atomic E-state index is 0.605. The van der Waals surface area contributed by atoms with Crippen molar-refractivity contribution in [1.82, 2.24) is 4.98 Å². The molecule has 1 atom stereocenters. The van der Waals surface area contributed by atoms with Crippen molar-refractivity contribution in [2.24, 2.45) is 0 Å². The average Bonchev–Trinajstić information content (AvgIpc) is 2.61. The highest BCUT2D eigenvalue weighted by molar-refractivity contribution is 7.99. The summed E-state index contributed by atoms with van der Waals surface area (Å²) in [7, 11) is 0. The van der Waals surface area contributed by atoms with Gasteiger partial charge in [-0.1, -0.05) is 6.07 Å². The van der Waals surface area contributed by atoms with Crippen molar-refractivity contribution in [3.05, 3.63) is 23.9 Å². The standard InChI is InChI=1S/C10H13NOS/c1-8-3-2-5-11-10(8)13-9-4-6-12-7-9/h2-3,5,9H,4,6-7H2,1H3. The van der Waals surface area contributed by atoms with Crippen LogP contribution in [0.2, 0.25) is 0 Å². The van der Waals surface area contributed by atoms with Gasteiger partial charge in [-0.25, -0.2) is 4.98 Å². The second kappa shape index (κ2) is 4.11. The third-order valence-electron chi connectivity index (χ3n) is 2.13. The Morgan fingerprint density at radius 1 is 1.62 bits per heavy atom. The fourth-order valence-corrected chi connectivity index (χ4v) is 2.43. The van der Waals surface area contributed by atoms with Crippen LogP contribution in [-0.4, -0.2) is 23.4 Å². The average molecular weight is 195 g/mol. The van der Waals surface area contributed by atoms with E-state index in [9.17, 15) is 0 Å². The summed E-state index contributed by atoms with van der Waals surface area (Å²) in [4.78, 5) is 4.35. The van der Waals surface area contributed by atoms with E-state index in [0.717, 1.165) is 24.7 Å². The molecule has 70 valence electrons. The summed E-state index contributed by atoms with van der Waals surface area (Å²) in [5, 5.41) is 1.76. The Labute approximate surface area is 82.7 Å². The SMILES string of the molecule is Cc1cccnc1SC1CCOC1. The van der Waals surface area contributed by atoms with E-state index in [-0.39, 0.29) is 0 Å². The molecule has 0 aliphatic carbocycles. The molecule has 1 aromatic rings. The summed E-state index contributed by atoms with van der Waals surface area (Å²) < 4.78 is 5.32. The van der Waals surface area contributed by atoms with Crippen LogP contribution in [0.15, 0.2) is 23.4 Å². The van der Waals surface area contributed by atoms with Crippen molar-refractivity contribution in [2.75, 3.05) is 13.2 Å². The summed E-state index contributed by atoms with van der Waals surface area (Å²) in [6.45, 7) is 3.88. The van der Waals surface area contributed by atoms with Crippen molar-refractivity contribution in [3.63, 3.8) is 0 Å². The van der Waals surface area contributed by atoms with Crippen LogP contribution in [0.25, 0.3) is 0 Å². The Balaban J connectivity index is 2.04. The van der Waals surface area contributed by atoms with Gasteiger partial charge in [0.1, 0.15) is 0 Å². The molecule has 0 aromatic carbocycles. The van der Waals surface area contributed by atoms with Gasteiger partial charge < -0.3 is 4.74 Å². The summed E-state index contributed by atoms with van der Waals surface area (Å²) in [6, 6.07) is 4.08. The minimum atomic E-state index is 0.605. The molecule has 1 unspecified atom stereocenters. The number of hydrogen-bond acceptors (Lipinski definition) is 3. The number of pyridine rings is 1. The fourth-order valence-electron chi connectivity index (χ4n) is 1.36. The van der Waals surface area contributed by atoms with Crippen molar-refractivity contribution >= 4 is 11.8 Å². The van der Waals surface area contributed by atoms with Crippen molar-refractivity contribution in [3.8, 4) is 0 Å². The molecule has 0 amide bonds. The molecule has 2 rings (SSSR count). The second-order valence-corrected chi connectivity index (χ2v) is 4.52. The lowest BCUT2D eigenvalue weighted by Crippen LogP contribution is -2.01. The molecule has 1 aromatic heterocycles. The second-order valence-electron chi connectivity index (χ2n) is 3.23. The number of ether oxygens (including phenoxy) is 1. The molecule has 3 heteroatoms. The van der Waals surface area contributed by atoms with E-state index in [2.05, 4.69) is 18.0 Å². The zero-order chi connectivity index (χ0) is 9.10. The Kier molecular flexibility index (Phi) is 2.86. The topological polar surface area (TPSA) is 22.1 Å². The van der Waals surface area contributed by atoms with E-state index in [1.165, 1.54) is 5.56 Å². The van der Waals surface area contributed by atoms with Gasteiger partial charge in [0.05, 0.1) is 11.6 Å². The maximum Gasteiger partial charge on any atom is 0.0992 e. The van der Waals surface area contributed by atoms with Crippen LogP contribution < -0.4 is 0 Å². The smallest absolute Gasteiger partial charge is 0.0992 e. The van der Waals surface area contributed by atoms with Gasteiger partial charge in [-0.05, 0) is 25.0 Å². The fraction of sp³-hybridized carbons (Fsp3) is 0.500. The molecule has 0 saturated carbocycles. The van der Waals surface area contributed by atoms with Gasteiger partial charge in [0.25, 0.3) is 0 Å². The highest BCUT2D eigenvalue weighted by atomic mass is 32.2. The molecule has 2 nitrogen and oxygen atoms in total. The Morgan fingerprint density at radius 2 is 2.54 bits per heavy atom. The molecule has 13 heavy (non-hydrogen) atoms. The molecule has 2 heterocycles. The van der Waals surface area contributed by atoms with E-state index in [4.69, 9.17) is 4.74 Å². The molecule has 1 saturated heterocycles. The summed E-state index contributed by atoms with van der Waals surface area (Å²) in [5.41, 5.74) is 1.26. The van der Waals surface area contributed by atoms with Crippen LogP contribution in [0.5, 0.6) is 0 Å². The Bertz CT molecular complexity index is 284. The normalized spacial score (nSPS) is 22.1. The number of aryl methyl sites for hydroxylation is 1. The predicted molar refractivity (Wildman–Crippen MR) is 54.1 cm³/mol. The quantitative estimate of drug-likeness (QED) is 0.722. The molecule has 1 aliphatic rings. The van der Waals surface area contributed by atoms with Crippen LogP contribution >= 0.6 is 11.8 Å². The van der Waals surface area contributed by atoms with Crippen molar-refractivity contribution in [2.45, 2.75) is 23.6 Å². The lowest BCUT2D eigenvalue weighted by molar-refractivity contribution is 0.199. The van der Waals surface area contributed by atoms with Gasteiger partial charge in [0.15, 0.2) is 0 Å². The van der Waals surface area contributed by atoms with E-state index in [1.54, 1.807) is 0 Å². The summed E-state index contributed by atoms with van der Waals surface area (Å²) >= 11 is 1.84. The maximum absolute atomic E-state index is 5.32. The van der Waals surface area contributed by atoms with Gasteiger partial charge in [0, 0.05) is 18.1 Å². The first-order chi connectivity index (χ1) is 6.36. The highest BCUT2D eigenvalue weighted by Crippen LogP contribution is 2.28. The number of rotatable bonds is 2. The van der Waals surface area contributed by atoms with Crippen LogP contribution in [0.1, 0.15) is 12.0 Å². The van der Waals surface area contributed by atoms with E-state index < -0.39 is 0 Å². The molecule has 0 radical (unpaired) electrons. The van der Waals surface area contributed by atoms with Gasteiger partial charge in [-0.2, -0.15) is 0 Å². The van der Waals surface area contributed by atoms with Crippen molar-refractivity contribution < 1.29 is 4.74 Å². The molecular formula is C10H13NOS. The first-order valence-electron chi connectivity index (χ1n) is 4.52. The van der Waals surface area contributed by atoms with E-state index in [1.807, 2.05) is 24.0 Å². The minimum Gasteiger partial charge on any atom is -0.380 e. The highest BCUT2D eigenvalue weighted by Gasteiger charge is 2.17. The molecule has 1 aliphatic heterocycles. The Hall–Kier alpha value is -0.540. The maximum atomic E-state index is 5.32. The van der Waals surface area contributed by atoms with Gasteiger partial charge in [-0.3, -0.25) is 0 Å². The van der Waals surface area contributed by atoms with Gasteiger partial charge in [-0.15, -0.1) is 11.8 Å². The van der Waals surface area contributed by atoms with Crippen LogP contribution in [0.4, 0.5) is 0 Å². The monoisotopic (exact) mass is 195 g/mol. The van der Waals surface area contributed by atoms with Crippen LogP contribution in [0, 0.1) is 6.92 Å². The molecular weight excluding hydrogens is 182 g/mol. The van der Waals surface area contributed by atoms with Crippen LogP contribution in [-0.2, 0) is 4.74 Å². The molecule has 0 N–H and O–H groups in total. The first-order valence-corrected chi connectivity index (χ1v) is 5.40. The molecule has 0 bridgehead atoms. The number of hydrogen-bond donors (Lipinski definition) is 0.